The van der Waals surface area contributed by atoms with Gasteiger partial charge in [-0.05, 0) is 25.0 Å². The highest BCUT2D eigenvalue weighted by molar-refractivity contribution is 5.77. The summed E-state index contributed by atoms with van der Waals surface area (Å²) in [4.78, 5) is 17.1. The highest BCUT2D eigenvalue weighted by Gasteiger charge is 2.48. The van der Waals surface area contributed by atoms with Gasteiger partial charge in [-0.15, -0.1) is 0 Å². The standard InChI is InChI=1S/C15H19F3N2O3/c1-2-6-14(13(22)23)9-20(7-5-11(14)21)12-4-3-10(8-19-12)15(16,17)18/h3-4,8,11,21H,2,5-7,9H2,1H3,(H,22,23)/t11-,14-/m1/s1. The van der Waals surface area contributed by atoms with E-state index >= 15 is 0 Å². The fourth-order valence-corrected chi connectivity index (χ4v) is 3.02. The number of halogens is 3. The van der Waals surface area contributed by atoms with Crippen molar-refractivity contribution in [3.8, 4) is 0 Å². The van der Waals surface area contributed by atoms with Gasteiger partial charge in [-0.2, -0.15) is 13.2 Å². The molecule has 2 heterocycles. The van der Waals surface area contributed by atoms with Crippen LogP contribution in [0, 0.1) is 5.41 Å². The molecule has 2 atom stereocenters. The number of carboxylic acid groups (broad SMARTS) is 1. The molecular formula is C15H19F3N2O3. The molecule has 0 aliphatic carbocycles. The predicted molar refractivity (Wildman–Crippen MR) is 77.1 cm³/mol. The number of aromatic nitrogens is 1. The fraction of sp³-hybridized carbons (Fsp3) is 0.600. The van der Waals surface area contributed by atoms with E-state index in [-0.39, 0.29) is 18.8 Å². The van der Waals surface area contributed by atoms with Crippen LogP contribution in [0.1, 0.15) is 31.7 Å². The van der Waals surface area contributed by atoms with Gasteiger partial charge in [0, 0.05) is 19.3 Å². The average Bonchev–Trinajstić information content (AvgIpc) is 2.49. The van der Waals surface area contributed by atoms with Crippen molar-refractivity contribution in [3.05, 3.63) is 23.9 Å². The first kappa shape index (κ1) is 17.5. The minimum absolute atomic E-state index is 0.0235. The summed E-state index contributed by atoms with van der Waals surface area (Å²) in [5.74, 6) is -0.810. The number of hydrogen-bond acceptors (Lipinski definition) is 4. The number of rotatable bonds is 4. The second-order valence-electron chi connectivity index (χ2n) is 5.84. The number of aliphatic hydroxyl groups is 1. The summed E-state index contributed by atoms with van der Waals surface area (Å²) in [6, 6.07) is 2.16. The van der Waals surface area contributed by atoms with Crippen molar-refractivity contribution in [3.63, 3.8) is 0 Å². The molecule has 0 radical (unpaired) electrons. The Bertz CT molecular complexity index is 562. The zero-order valence-electron chi connectivity index (χ0n) is 12.7. The van der Waals surface area contributed by atoms with Crippen LogP contribution in [-0.4, -0.2) is 40.4 Å². The summed E-state index contributed by atoms with van der Waals surface area (Å²) in [6.07, 6.45) is -3.60. The first-order valence-electron chi connectivity index (χ1n) is 7.40. The lowest BCUT2D eigenvalue weighted by molar-refractivity contribution is -0.158. The van der Waals surface area contributed by atoms with Crippen molar-refractivity contribution < 1.29 is 28.2 Å². The number of anilines is 1. The van der Waals surface area contributed by atoms with Crippen molar-refractivity contribution in [2.75, 3.05) is 18.0 Å². The summed E-state index contributed by atoms with van der Waals surface area (Å²) in [5.41, 5.74) is -2.17. The van der Waals surface area contributed by atoms with Crippen LogP contribution in [-0.2, 0) is 11.0 Å². The maximum Gasteiger partial charge on any atom is 0.417 e. The number of carbonyl (C=O) groups is 1. The molecule has 8 heteroatoms. The Labute approximate surface area is 131 Å². The van der Waals surface area contributed by atoms with E-state index in [1.807, 2.05) is 6.92 Å². The summed E-state index contributed by atoms with van der Waals surface area (Å²) < 4.78 is 37.7. The number of alkyl halides is 3. The van der Waals surface area contributed by atoms with Gasteiger partial charge in [0.05, 0.1) is 11.7 Å². The number of aliphatic carboxylic acids is 1. The maximum absolute atomic E-state index is 12.6. The Balaban J connectivity index is 2.25. The van der Waals surface area contributed by atoms with Crippen LogP contribution >= 0.6 is 0 Å². The topological polar surface area (TPSA) is 73.7 Å². The Morgan fingerprint density at radius 3 is 2.65 bits per heavy atom. The first-order chi connectivity index (χ1) is 10.7. The summed E-state index contributed by atoms with van der Waals surface area (Å²) in [7, 11) is 0. The molecule has 2 rings (SSSR count). The summed E-state index contributed by atoms with van der Waals surface area (Å²) >= 11 is 0. The van der Waals surface area contributed by atoms with Gasteiger partial charge in [0.15, 0.2) is 0 Å². The van der Waals surface area contributed by atoms with Crippen molar-refractivity contribution >= 4 is 11.8 Å². The van der Waals surface area contributed by atoms with Crippen LogP contribution in [0.4, 0.5) is 19.0 Å². The van der Waals surface area contributed by atoms with Gasteiger partial charge in [-0.25, -0.2) is 4.98 Å². The Morgan fingerprint density at radius 1 is 1.48 bits per heavy atom. The molecule has 128 valence electrons. The second-order valence-corrected chi connectivity index (χ2v) is 5.84. The van der Waals surface area contributed by atoms with Crippen LogP contribution in [0.25, 0.3) is 0 Å². The van der Waals surface area contributed by atoms with Gasteiger partial charge < -0.3 is 15.1 Å². The summed E-state index contributed by atoms with van der Waals surface area (Å²) in [6.45, 7) is 2.20. The first-order valence-corrected chi connectivity index (χ1v) is 7.40. The Morgan fingerprint density at radius 2 is 2.17 bits per heavy atom. The van der Waals surface area contributed by atoms with Crippen molar-refractivity contribution in [1.82, 2.24) is 4.98 Å². The zero-order chi connectivity index (χ0) is 17.3. The molecule has 1 aromatic heterocycles. The highest BCUT2D eigenvalue weighted by atomic mass is 19.4. The number of carboxylic acids is 1. The number of hydrogen-bond donors (Lipinski definition) is 2. The van der Waals surface area contributed by atoms with Crippen LogP contribution in [0.15, 0.2) is 18.3 Å². The molecule has 5 nitrogen and oxygen atoms in total. The minimum atomic E-state index is -4.46. The van der Waals surface area contributed by atoms with Crippen molar-refractivity contribution in [1.29, 1.82) is 0 Å². The van der Waals surface area contributed by atoms with Crippen molar-refractivity contribution in [2.45, 2.75) is 38.5 Å². The predicted octanol–water partition coefficient (Wildman–Crippen LogP) is 2.54. The molecule has 23 heavy (non-hydrogen) atoms. The van der Waals surface area contributed by atoms with E-state index < -0.39 is 29.2 Å². The van der Waals surface area contributed by atoms with Crippen molar-refractivity contribution in [2.24, 2.45) is 5.41 Å². The molecular weight excluding hydrogens is 313 g/mol. The Kier molecular flexibility index (Phi) is 4.84. The smallest absolute Gasteiger partial charge is 0.417 e. The monoisotopic (exact) mass is 332 g/mol. The average molecular weight is 332 g/mol. The maximum atomic E-state index is 12.6. The zero-order valence-corrected chi connectivity index (χ0v) is 12.7. The lowest BCUT2D eigenvalue weighted by Gasteiger charge is -2.43. The second kappa shape index (κ2) is 6.35. The van der Waals surface area contributed by atoms with Gasteiger partial charge in [0.25, 0.3) is 0 Å². The van der Waals surface area contributed by atoms with Crippen LogP contribution in [0.5, 0.6) is 0 Å². The largest absolute Gasteiger partial charge is 0.481 e. The van der Waals surface area contributed by atoms with E-state index in [2.05, 4.69) is 4.98 Å². The third-order valence-corrected chi connectivity index (χ3v) is 4.30. The molecule has 0 saturated carbocycles. The number of nitrogens with zero attached hydrogens (tertiary/aromatic N) is 2. The van der Waals surface area contributed by atoms with Gasteiger partial charge >= 0.3 is 12.1 Å². The van der Waals surface area contributed by atoms with Crippen LogP contribution < -0.4 is 4.90 Å². The molecule has 1 aliphatic heterocycles. The Hall–Kier alpha value is -1.83. The molecule has 1 aliphatic rings. The van der Waals surface area contributed by atoms with E-state index in [4.69, 9.17) is 0 Å². The van der Waals surface area contributed by atoms with Crippen LogP contribution in [0.3, 0.4) is 0 Å². The molecule has 1 saturated heterocycles. The van der Waals surface area contributed by atoms with Crippen LogP contribution in [0.2, 0.25) is 0 Å². The lowest BCUT2D eigenvalue weighted by Crippen LogP contribution is -2.56. The number of pyridine rings is 1. The van der Waals surface area contributed by atoms with E-state index in [9.17, 15) is 28.2 Å². The molecule has 2 N–H and O–H groups in total. The SMILES string of the molecule is CCC[C@@]1(C(=O)O)CN(c2ccc(C(F)(F)F)cn2)CC[C@H]1O. The lowest BCUT2D eigenvalue weighted by atomic mass is 9.74. The molecule has 0 aromatic carbocycles. The van der Waals surface area contributed by atoms with Gasteiger partial charge in [0.2, 0.25) is 0 Å². The minimum Gasteiger partial charge on any atom is -0.481 e. The number of aliphatic hydroxyl groups excluding tert-OH is 1. The highest BCUT2D eigenvalue weighted by Crippen LogP contribution is 2.37. The molecule has 1 fully saturated rings. The van der Waals surface area contributed by atoms with Gasteiger partial charge in [-0.1, -0.05) is 13.3 Å². The van der Waals surface area contributed by atoms with E-state index in [1.165, 1.54) is 6.07 Å². The molecule has 0 amide bonds. The van der Waals surface area contributed by atoms with E-state index in [0.29, 0.717) is 19.4 Å². The van der Waals surface area contributed by atoms with Gasteiger partial charge in [-0.3, -0.25) is 4.79 Å². The normalized spacial score (nSPS) is 25.4. The summed E-state index contributed by atoms with van der Waals surface area (Å²) in [5, 5.41) is 19.7. The fourth-order valence-electron chi connectivity index (χ4n) is 3.02. The van der Waals surface area contributed by atoms with E-state index in [1.54, 1.807) is 4.90 Å². The quantitative estimate of drug-likeness (QED) is 0.886. The molecule has 0 bridgehead atoms. The molecule has 0 unspecified atom stereocenters. The van der Waals surface area contributed by atoms with Gasteiger partial charge in [0.1, 0.15) is 11.2 Å². The number of piperidine rings is 1. The van der Waals surface area contributed by atoms with E-state index in [0.717, 1.165) is 12.3 Å². The third-order valence-electron chi connectivity index (χ3n) is 4.30. The third kappa shape index (κ3) is 3.41. The molecule has 0 spiro atoms. The molecule has 1 aromatic rings.